The number of ether oxygens (including phenoxy) is 2. The molecule has 176 valence electrons. The van der Waals surface area contributed by atoms with Crippen LogP contribution in [0.3, 0.4) is 0 Å². The van der Waals surface area contributed by atoms with E-state index in [-0.39, 0.29) is 25.4 Å². The molecule has 1 aromatic heterocycles. The highest BCUT2D eigenvalue weighted by Crippen LogP contribution is 2.19. The van der Waals surface area contributed by atoms with Crippen molar-refractivity contribution in [3.63, 3.8) is 0 Å². The van der Waals surface area contributed by atoms with Gasteiger partial charge in [-0.25, -0.2) is 4.79 Å². The van der Waals surface area contributed by atoms with Gasteiger partial charge in [-0.05, 0) is 43.7 Å². The van der Waals surface area contributed by atoms with Gasteiger partial charge in [0.25, 0.3) is 0 Å². The summed E-state index contributed by atoms with van der Waals surface area (Å²) in [6.07, 6.45) is 4.00. The number of aromatic amines is 1. The second kappa shape index (κ2) is 12.9. The topological polar surface area (TPSA) is 124 Å². The molecule has 0 radical (unpaired) electrons. The summed E-state index contributed by atoms with van der Waals surface area (Å²) >= 11 is 0. The number of nitrogens with one attached hydrogen (secondary N) is 2. The Bertz CT molecular complexity index is 893. The number of carbonyl (C=O) groups is 3. The Kier molecular flexibility index (Phi) is 10.2. The Morgan fingerprint density at radius 3 is 2.56 bits per heavy atom. The molecular formula is C24H35N3O5. The van der Waals surface area contributed by atoms with Gasteiger partial charge in [-0.3, -0.25) is 9.59 Å². The summed E-state index contributed by atoms with van der Waals surface area (Å²) in [5, 5.41) is 3.75. The molecule has 2 aromatic rings. The number of hydrogen-bond acceptors (Lipinski definition) is 6. The average molecular weight is 446 g/mol. The van der Waals surface area contributed by atoms with Gasteiger partial charge in [-0.1, -0.05) is 32.0 Å². The van der Waals surface area contributed by atoms with Crippen molar-refractivity contribution in [3.05, 3.63) is 36.0 Å². The van der Waals surface area contributed by atoms with E-state index in [0.29, 0.717) is 18.9 Å². The number of fused-ring (bicyclic) bond motifs is 1. The molecule has 4 N–H and O–H groups in total. The summed E-state index contributed by atoms with van der Waals surface area (Å²) in [7, 11) is 0. The first kappa shape index (κ1) is 25.4. The third-order valence-corrected chi connectivity index (χ3v) is 5.16. The molecule has 0 fully saturated rings. The molecule has 0 aliphatic carbocycles. The molecular weight excluding hydrogens is 410 g/mol. The van der Waals surface area contributed by atoms with Crippen molar-refractivity contribution in [1.29, 1.82) is 0 Å². The SMILES string of the molecule is CCOC(=O)[C@H](N)CCC(=O)N[C@@H](Cc1c[nH]c2ccccc12)C(=O)OCCCC(C)C. The van der Waals surface area contributed by atoms with Crippen LogP contribution in [0.15, 0.2) is 30.5 Å². The van der Waals surface area contributed by atoms with Crippen LogP contribution in [0.5, 0.6) is 0 Å². The number of H-pyrrole nitrogens is 1. The number of aromatic nitrogens is 1. The number of para-hydroxylation sites is 1. The van der Waals surface area contributed by atoms with Gasteiger partial charge in [0, 0.05) is 29.9 Å². The van der Waals surface area contributed by atoms with Crippen LogP contribution >= 0.6 is 0 Å². The van der Waals surface area contributed by atoms with Gasteiger partial charge in [0.15, 0.2) is 0 Å². The molecule has 0 unspecified atom stereocenters. The lowest BCUT2D eigenvalue weighted by atomic mass is 10.0. The van der Waals surface area contributed by atoms with Gasteiger partial charge in [-0.2, -0.15) is 0 Å². The lowest BCUT2D eigenvalue weighted by Crippen LogP contribution is -2.44. The third-order valence-electron chi connectivity index (χ3n) is 5.16. The molecule has 0 aliphatic heterocycles. The van der Waals surface area contributed by atoms with Gasteiger partial charge in [-0.15, -0.1) is 0 Å². The zero-order valence-electron chi connectivity index (χ0n) is 19.2. The first-order chi connectivity index (χ1) is 15.3. The predicted octanol–water partition coefficient (Wildman–Crippen LogP) is 2.85. The third kappa shape index (κ3) is 8.00. The van der Waals surface area contributed by atoms with E-state index in [2.05, 4.69) is 24.1 Å². The highest BCUT2D eigenvalue weighted by Gasteiger charge is 2.25. The van der Waals surface area contributed by atoms with Crippen molar-refractivity contribution in [2.45, 2.75) is 65.0 Å². The average Bonchev–Trinajstić information content (AvgIpc) is 3.17. The van der Waals surface area contributed by atoms with E-state index in [4.69, 9.17) is 15.2 Å². The largest absolute Gasteiger partial charge is 0.465 e. The van der Waals surface area contributed by atoms with E-state index in [0.717, 1.165) is 29.3 Å². The lowest BCUT2D eigenvalue weighted by molar-refractivity contribution is -0.148. The fraction of sp³-hybridized carbons (Fsp3) is 0.542. The molecule has 1 aromatic carbocycles. The Labute approximate surface area is 189 Å². The van der Waals surface area contributed by atoms with Crippen LogP contribution < -0.4 is 11.1 Å². The lowest BCUT2D eigenvalue weighted by Gasteiger charge is -2.18. The van der Waals surface area contributed by atoms with Crippen LogP contribution in [0, 0.1) is 5.92 Å². The number of hydrogen-bond donors (Lipinski definition) is 3. The van der Waals surface area contributed by atoms with Crippen molar-refractivity contribution in [3.8, 4) is 0 Å². The summed E-state index contributed by atoms with van der Waals surface area (Å²) in [5.41, 5.74) is 7.64. The van der Waals surface area contributed by atoms with E-state index in [9.17, 15) is 14.4 Å². The standard InChI is InChI=1S/C24H35N3O5/c1-4-31-23(29)19(25)11-12-22(28)27-21(24(30)32-13-7-8-16(2)3)14-17-15-26-20-10-6-5-9-18(17)20/h5-6,9-10,15-16,19,21,26H,4,7-8,11-14,25H2,1-3H3,(H,27,28)/t19-,21+/m1/s1. The minimum absolute atomic E-state index is 0.00496. The number of carbonyl (C=O) groups excluding carboxylic acids is 3. The number of esters is 2. The Morgan fingerprint density at radius 1 is 1.09 bits per heavy atom. The van der Waals surface area contributed by atoms with Crippen LogP contribution in [0.25, 0.3) is 10.9 Å². The van der Waals surface area contributed by atoms with E-state index < -0.39 is 24.0 Å². The van der Waals surface area contributed by atoms with Crippen molar-refractivity contribution >= 4 is 28.7 Å². The number of nitrogens with two attached hydrogens (primary N) is 1. The van der Waals surface area contributed by atoms with Crippen LogP contribution in [-0.4, -0.2) is 48.1 Å². The zero-order chi connectivity index (χ0) is 23.5. The highest BCUT2D eigenvalue weighted by molar-refractivity contribution is 5.87. The van der Waals surface area contributed by atoms with Gasteiger partial charge in [0.2, 0.25) is 5.91 Å². The van der Waals surface area contributed by atoms with Crippen molar-refractivity contribution < 1.29 is 23.9 Å². The summed E-state index contributed by atoms with van der Waals surface area (Å²) in [5.74, 6) is -0.852. The molecule has 32 heavy (non-hydrogen) atoms. The van der Waals surface area contributed by atoms with E-state index in [1.807, 2.05) is 30.5 Å². The Balaban J connectivity index is 2.01. The van der Waals surface area contributed by atoms with Crippen molar-refractivity contribution in [2.24, 2.45) is 11.7 Å². The molecule has 0 spiro atoms. The molecule has 0 saturated carbocycles. The van der Waals surface area contributed by atoms with E-state index in [1.54, 1.807) is 6.92 Å². The second-order valence-corrected chi connectivity index (χ2v) is 8.28. The summed E-state index contributed by atoms with van der Waals surface area (Å²) in [6, 6.07) is 6.06. The van der Waals surface area contributed by atoms with Crippen molar-refractivity contribution in [2.75, 3.05) is 13.2 Å². The number of rotatable bonds is 13. The van der Waals surface area contributed by atoms with E-state index >= 15 is 0 Å². The van der Waals surface area contributed by atoms with Crippen LogP contribution in [0.4, 0.5) is 0 Å². The van der Waals surface area contributed by atoms with Crippen molar-refractivity contribution in [1.82, 2.24) is 10.3 Å². The Hall–Kier alpha value is -2.87. The fourth-order valence-corrected chi connectivity index (χ4v) is 3.40. The van der Waals surface area contributed by atoms with E-state index in [1.165, 1.54) is 0 Å². The van der Waals surface area contributed by atoms with Crippen LogP contribution in [-0.2, 0) is 30.3 Å². The second-order valence-electron chi connectivity index (χ2n) is 8.28. The quantitative estimate of drug-likeness (QED) is 0.322. The van der Waals surface area contributed by atoms with Gasteiger partial charge in [0.05, 0.1) is 13.2 Å². The monoisotopic (exact) mass is 445 g/mol. The maximum atomic E-state index is 12.8. The zero-order valence-corrected chi connectivity index (χ0v) is 19.2. The first-order valence-electron chi connectivity index (χ1n) is 11.2. The minimum Gasteiger partial charge on any atom is -0.465 e. The van der Waals surface area contributed by atoms with Crippen LogP contribution in [0.1, 0.15) is 52.0 Å². The molecule has 0 aliphatic rings. The predicted molar refractivity (Wildman–Crippen MR) is 123 cm³/mol. The maximum Gasteiger partial charge on any atom is 0.328 e. The molecule has 0 saturated heterocycles. The molecule has 2 atom stereocenters. The number of amides is 1. The molecule has 1 heterocycles. The summed E-state index contributed by atoms with van der Waals surface area (Å²) in [6.45, 7) is 6.46. The molecule has 8 heteroatoms. The van der Waals surface area contributed by atoms with Gasteiger partial charge < -0.3 is 25.5 Å². The molecule has 1 amide bonds. The Morgan fingerprint density at radius 2 is 1.84 bits per heavy atom. The highest BCUT2D eigenvalue weighted by atomic mass is 16.5. The molecule has 8 nitrogen and oxygen atoms in total. The van der Waals surface area contributed by atoms with Crippen LogP contribution in [0.2, 0.25) is 0 Å². The maximum absolute atomic E-state index is 12.8. The normalized spacial score (nSPS) is 13.0. The number of benzene rings is 1. The van der Waals surface area contributed by atoms with Gasteiger partial charge in [0.1, 0.15) is 12.1 Å². The molecule has 0 bridgehead atoms. The van der Waals surface area contributed by atoms with Gasteiger partial charge >= 0.3 is 11.9 Å². The molecule has 2 rings (SSSR count). The summed E-state index contributed by atoms with van der Waals surface area (Å²) in [4.78, 5) is 40.1. The summed E-state index contributed by atoms with van der Waals surface area (Å²) < 4.78 is 10.3. The minimum atomic E-state index is -0.879. The fourth-order valence-electron chi connectivity index (χ4n) is 3.40. The smallest absolute Gasteiger partial charge is 0.328 e. The first-order valence-corrected chi connectivity index (χ1v) is 11.2.